The van der Waals surface area contributed by atoms with Crippen LogP contribution in [0.5, 0.6) is 0 Å². The number of rotatable bonds is 2. The number of carbonyl (C=O) groups is 1. The molecular formula is C10H12O5. The van der Waals surface area contributed by atoms with E-state index in [0.29, 0.717) is 13.0 Å². The molecule has 15 heavy (non-hydrogen) atoms. The van der Waals surface area contributed by atoms with E-state index in [0.717, 1.165) is 6.42 Å². The highest BCUT2D eigenvalue weighted by Crippen LogP contribution is 2.31. The maximum atomic E-state index is 10.6. The Morgan fingerprint density at radius 2 is 2.27 bits per heavy atom. The summed E-state index contributed by atoms with van der Waals surface area (Å²) in [6.45, 7) is 0.772. The number of hydrogen-bond acceptors (Lipinski definition) is 4. The molecule has 2 rings (SSSR count). The van der Waals surface area contributed by atoms with E-state index < -0.39 is 11.6 Å². The minimum absolute atomic E-state index is 0.152. The fourth-order valence-corrected chi connectivity index (χ4v) is 1.68. The third kappa shape index (κ3) is 1.88. The lowest BCUT2D eigenvalue weighted by Gasteiger charge is -2.29. The summed E-state index contributed by atoms with van der Waals surface area (Å²) in [6, 6.07) is 2.82. The molecule has 2 heterocycles. The lowest BCUT2D eigenvalue weighted by molar-refractivity contribution is -0.102. The van der Waals surface area contributed by atoms with E-state index in [2.05, 4.69) is 0 Å². The van der Waals surface area contributed by atoms with Gasteiger partial charge in [0.05, 0.1) is 6.61 Å². The van der Waals surface area contributed by atoms with E-state index in [4.69, 9.17) is 14.3 Å². The van der Waals surface area contributed by atoms with E-state index in [-0.39, 0.29) is 18.1 Å². The van der Waals surface area contributed by atoms with Crippen molar-refractivity contribution in [3.63, 3.8) is 0 Å². The molecule has 0 aliphatic carbocycles. The van der Waals surface area contributed by atoms with Gasteiger partial charge in [0, 0.05) is 6.61 Å². The normalized spacial score (nSPS) is 26.5. The predicted molar refractivity (Wildman–Crippen MR) is 49.6 cm³/mol. The Hall–Kier alpha value is -1.33. The summed E-state index contributed by atoms with van der Waals surface area (Å²) in [5.41, 5.74) is -1.17. The van der Waals surface area contributed by atoms with Crippen LogP contribution >= 0.6 is 0 Å². The first kappa shape index (κ1) is 10.2. The molecule has 1 saturated heterocycles. The summed E-state index contributed by atoms with van der Waals surface area (Å²) < 4.78 is 10.2. The van der Waals surface area contributed by atoms with Crippen LogP contribution in [0.3, 0.4) is 0 Å². The van der Waals surface area contributed by atoms with E-state index in [9.17, 15) is 9.90 Å². The van der Waals surface area contributed by atoms with Crippen LogP contribution in [-0.2, 0) is 10.3 Å². The summed E-state index contributed by atoms with van der Waals surface area (Å²) in [7, 11) is 0. The van der Waals surface area contributed by atoms with Crippen LogP contribution < -0.4 is 0 Å². The maximum absolute atomic E-state index is 10.6. The van der Waals surface area contributed by atoms with E-state index in [1.54, 1.807) is 0 Å². The number of carboxylic acid groups (broad SMARTS) is 1. The van der Waals surface area contributed by atoms with Crippen LogP contribution in [0.15, 0.2) is 16.5 Å². The van der Waals surface area contributed by atoms with Crippen LogP contribution in [-0.4, -0.2) is 29.4 Å². The molecule has 0 aromatic carbocycles. The minimum atomic E-state index is -1.17. The fraction of sp³-hybridized carbons (Fsp3) is 0.500. The minimum Gasteiger partial charge on any atom is -0.475 e. The Kier molecular flexibility index (Phi) is 2.50. The molecular weight excluding hydrogens is 200 g/mol. The van der Waals surface area contributed by atoms with Gasteiger partial charge in [-0.2, -0.15) is 0 Å². The monoisotopic (exact) mass is 212 g/mol. The molecule has 5 heteroatoms. The molecule has 0 radical (unpaired) electrons. The van der Waals surface area contributed by atoms with Gasteiger partial charge in [-0.25, -0.2) is 4.79 Å². The summed E-state index contributed by atoms with van der Waals surface area (Å²) in [4.78, 5) is 10.6. The zero-order valence-corrected chi connectivity index (χ0v) is 8.10. The van der Waals surface area contributed by atoms with Gasteiger partial charge >= 0.3 is 5.97 Å². The Morgan fingerprint density at radius 3 is 2.80 bits per heavy atom. The molecule has 0 bridgehead atoms. The van der Waals surface area contributed by atoms with Gasteiger partial charge in [-0.1, -0.05) is 0 Å². The third-order valence-electron chi connectivity index (χ3n) is 2.50. The van der Waals surface area contributed by atoms with Gasteiger partial charge < -0.3 is 19.4 Å². The number of carboxylic acids is 1. The molecule has 1 aliphatic rings. The van der Waals surface area contributed by atoms with Crippen molar-refractivity contribution in [2.45, 2.75) is 18.4 Å². The first-order valence-electron chi connectivity index (χ1n) is 4.75. The molecule has 1 atom stereocenters. The first-order valence-corrected chi connectivity index (χ1v) is 4.75. The van der Waals surface area contributed by atoms with Crippen molar-refractivity contribution < 1.29 is 24.2 Å². The van der Waals surface area contributed by atoms with Crippen LogP contribution in [0.1, 0.15) is 29.2 Å². The van der Waals surface area contributed by atoms with Crippen molar-refractivity contribution in [1.29, 1.82) is 0 Å². The molecule has 82 valence electrons. The molecule has 1 aromatic rings. The molecule has 1 unspecified atom stereocenters. The largest absolute Gasteiger partial charge is 0.475 e. The molecule has 0 spiro atoms. The van der Waals surface area contributed by atoms with Gasteiger partial charge in [0.25, 0.3) is 0 Å². The number of furan rings is 1. The quantitative estimate of drug-likeness (QED) is 0.763. The smallest absolute Gasteiger partial charge is 0.371 e. The lowest BCUT2D eigenvalue weighted by Crippen LogP contribution is -2.35. The van der Waals surface area contributed by atoms with Crippen LogP contribution in [0.4, 0.5) is 0 Å². The highest BCUT2D eigenvalue weighted by molar-refractivity contribution is 5.84. The average Bonchev–Trinajstić information content (AvgIpc) is 2.68. The fourth-order valence-electron chi connectivity index (χ4n) is 1.68. The molecule has 1 aliphatic heterocycles. The van der Waals surface area contributed by atoms with Crippen molar-refractivity contribution in [1.82, 2.24) is 0 Å². The average molecular weight is 212 g/mol. The van der Waals surface area contributed by atoms with Crippen LogP contribution in [0, 0.1) is 0 Å². The summed E-state index contributed by atoms with van der Waals surface area (Å²) in [6.07, 6.45) is 1.26. The van der Waals surface area contributed by atoms with E-state index in [1.165, 1.54) is 12.1 Å². The molecule has 5 nitrogen and oxygen atoms in total. The highest BCUT2D eigenvalue weighted by atomic mass is 16.5. The second-order valence-corrected chi connectivity index (χ2v) is 3.66. The van der Waals surface area contributed by atoms with Gasteiger partial charge in [0.15, 0.2) is 0 Å². The molecule has 0 amide bonds. The number of aliphatic hydroxyl groups is 1. The summed E-state index contributed by atoms with van der Waals surface area (Å²) >= 11 is 0. The van der Waals surface area contributed by atoms with Crippen molar-refractivity contribution in [3.8, 4) is 0 Å². The lowest BCUT2D eigenvalue weighted by atomic mass is 9.94. The second-order valence-electron chi connectivity index (χ2n) is 3.66. The van der Waals surface area contributed by atoms with Gasteiger partial charge in [0.2, 0.25) is 5.76 Å². The maximum Gasteiger partial charge on any atom is 0.371 e. The highest BCUT2D eigenvalue weighted by Gasteiger charge is 2.35. The van der Waals surface area contributed by atoms with Crippen molar-refractivity contribution in [2.75, 3.05) is 13.2 Å². The van der Waals surface area contributed by atoms with Gasteiger partial charge in [-0.05, 0) is 25.0 Å². The summed E-state index contributed by atoms with van der Waals surface area (Å²) in [5.74, 6) is -1.04. The zero-order valence-electron chi connectivity index (χ0n) is 8.10. The second kappa shape index (κ2) is 3.67. The Balaban J connectivity index is 2.23. The van der Waals surface area contributed by atoms with Crippen LogP contribution in [0.25, 0.3) is 0 Å². The zero-order chi connectivity index (χ0) is 10.9. The number of ether oxygens (including phenoxy) is 1. The Labute approximate surface area is 86.3 Å². The van der Waals surface area contributed by atoms with E-state index in [1.807, 2.05) is 0 Å². The third-order valence-corrected chi connectivity index (χ3v) is 2.50. The Bertz CT molecular complexity index is 362. The van der Waals surface area contributed by atoms with Crippen molar-refractivity contribution >= 4 is 5.97 Å². The van der Waals surface area contributed by atoms with Crippen molar-refractivity contribution in [2.24, 2.45) is 0 Å². The van der Waals surface area contributed by atoms with E-state index >= 15 is 0 Å². The predicted octanol–water partition coefficient (Wildman–Crippen LogP) is 0.976. The van der Waals surface area contributed by atoms with Gasteiger partial charge in [-0.3, -0.25) is 0 Å². The molecule has 2 N–H and O–H groups in total. The first-order chi connectivity index (χ1) is 7.12. The van der Waals surface area contributed by atoms with Gasteiger partial charge in [-0.15, -0.1) is 0 Å². The van der Waals surface area contributed by atoms with Gasteiger partial charge in [0.1, 0.15) is 11.4 Å². The molecule has 1 aromatic heterocycles. The standard InChI is InChI=1S/C10H12O5/c11-9(12)7-2-3-8(15-7)10(13)4-1-5-14-6-10/h2-3,13H,1,4-6H2,(H,11,12). The SMILES string of the molecule is O=C(O)c1ccc(C2(O)CCCOC2)o1. The van der Waals surface area contributed by atoms with Crippen molar-refractivity contribution in [3.05, 3.63) is 23.7 Å². The van der Waals surface area contributed by atoms with Crippen LogP contribution in [0.2, 0.25) is 0 Å². The number of hydrogen-bond donors (Lipinski definition) is 2. The number of aromatic carboxylic acids is 1. The molecule has 0 saturated carbocycles. The summed E-state index contributed by atoms with van der Waals surface area (Å²) in [5, 5.41) is 18.8. The topological polar surface area (TPSA) is 79.9 Å². The molecule has 1 fully saturated rings. The Morgan fingerprint density at radius 1 is 1.47 bits per heavy atom.